The van der Waals surface area contributed by atoms with Crippen molar-refractivity contribution in [3.05, 3.63) is 29.8 Å². The summed E-state index contributed by atoms with van der Waals surface area (Å²) in [6.07, 6.45) is 3.89. The van der Waals surface area contributed by atoms with E-state index in [1.54, 1.807) is 11.8 Å². The molecule has 2 rings (SSSR count). The first kappa shape index (κ1) is 14.4. The molecular formula is C15H20O3S. The van der Waals surface area contributed by atoms with Gasteiger partial charge in [-0.3, -0.25) is 4.79 Å². The molecule has 1 aliphatic heterocycles. The van der Waals surface area contributed by atoms with Gasteiger partial charge in [0.1, 0.15) is 0 Å². The maximum Gasteiger partial charge on any atom is 0.313 e. The molecule has 0 bridgehead atoms. The zero-order valence-corrected chi connectivity index (χ0v) is 12.2. The van der Waals surface area contributed by atoms with Gasteiger partial charge in [-0.2, -0.15) is 0 Å². The molecule has 0 radical (unpaired) electrons. The van der Waals surface area contributed by atoms with Crippen molar-refractivity contribution in [2.24, 2.45) is 5.92 Å². The van der Waals surface area contributed by atoms with E-state index in [4.69, 9.17) is 9.47 Å². The molecule has 3 nitrogen and oxygen atoms in total. The van der Waals surface area contributed by atoms with Crippen molar-refractivity contribution in [3.63, 3.8) is 0 Å². The highest BCUT2D eigenvalue weighted by Gasteiger charge is 2.27. The van der Waals surface area contributed by atoms with E-state index in [-0.39, 0.29) is 11.9 Å². The van der Waals surface area contributed by atoms with Gasteiger partial charge in [-0.05, 0) is 42.7 Å². The van der Waals surface area contributed by atoms with Crippen molar-refractivity contribution >= 4 is 17.7 Å². The van der Waals surface area contributed by atoms with E-state index in [2.05, 4.69) is 12.1 Å². The van der Waals surface area contributed by atoms with Gasteiger partial charge in [-0.1, -0.05) is 12.1 Å². The summed E-state index contributed by atoms with van der Waals surface area (Å²) in [5.41, 5.74) is 1.04. The smallest absolute Gasteiger partial charge is 0.313 e. The quantitative estimate of drug-likeness (QED) is 0.613. The van der Waals surface area contributed by atoms with E-state index in [1.807, 2.05) is 18.4 Å². The second kappa shape index (κ2) is 6.96. The fourth-order valence-corrected chi connectivity index (χ4v) is 2.86. The maximum absolute atomic E-state index is 12.0. The molecule has 1 heterocycles. The Labute approximate surface area is 118 Å². The molecule has 1 aromatic rings. The van der Waals surface area contributed by atoms with Crippen molar-refractivity contribution in [2.45, 2.75) is 23.7 Å². The first-order valence-corrected chi connectivity index (χ1v) is 7.76. The van der Waals surface area contributed by atoms with Gasteiger partial charge in [0, 0.05) is 18.1 Å². The largest absolute Gasteiger partial charge is 0.469 e. The van der Waals surface area contributed by atoms with E-state index < -0.39 is 0 Å². The molecule has 1 saturated heterocycles. The third-order valence-corrected chi connectivity index (χ3v) is 4.34. The molecule has 0 spiro atoms. The highest BCUT2D eigenvalue weighted by molar-refractivity contribution is 7.98. The zero-order valence-electron chi connectivity index (χ0n) is 11.4. The minimum absolute atomic E-state index is 0.149. The summed E-state index contributed by atoms with van der Waals surface area (Å²) >= 11 is 1.70. The van der Waals surface area contributed by atoms with Gasteiger partial charge in [0.2, 0.25) is 0 Å². The third kappa shape index (κ3) is 3.74. The van der Waals surface area contributed by atoms with Crippen LogP contribution in [0.4, 0.5) is 0 Å². The number of thioether (sulfide) groups is 1. The van der Waals surface area contributed by atoms with Gasteiger partial charge in [-0.25, -0.2) is 0 Å². The Morgan fingerprint density at radius 3 is 2.74 bits per heavy atom. The lowest BCUT2D eigenvalue weighted by Gasteiger charge is -2.18. The number of carbonyl (C=O) groups excluding carboxylic acids is 1. The van der Waals surface area contributed by atoms with E-state index in [0.29, 0.717) is 5.92 Å². The monoisotopic (exact) mass is 280 g/mol. The first-order chi connectivity index (χ1) is 9.24. The topological polar surface area (TPSA) is 35.5 Å². The number of hydrogen-bond donors (Lipinski definition) is 0. The summed E-state index contributed by atoms with van der Waals surface area (Å²) in [6.45, 7) is 1.57. The standard InChI is InChI=1S/C15H20O3S/c1-17-15(16)14(9-11-7-8-18-10-11)12-3-5-13(19-2)6-4-12/h3-6,11,14H,7-10H2,1-2H3. The molecule has 1 aromatic carbocycles. The predicted molar refractivity (Wildman–Crippen MR) is 76.5 cm³/mol. The van der Waals surface area contributed by atoms with Crippen molar-refractivity contribution in [2.75, 3.05) is 26.6 Å². The van der Waals surface area contributed by atoms with E-state index in [9.17, 15) is 4.79 Å². The van der Waals surface area contributed by atoms with Gasteiger partial charge < -0.3 is 9.47 Å². The number of methoxy groups -OCH3 is 1. The van der Waals surface area contributed by atoms with Gasteiger partial charge in [-0.15, -0.1) is 11.8 Å². The van der Waals surface area contributed by atoms with Crippen molar-refractivity contribution in [1.82, 2.24) is 0 Å². The molecule has 0 aromatic heterocycles. The Balaban J connectivity index is 2.12. The minimum atomic E-state index is -0.174. The van der Waals surface area contributed by atoms with Crippen molar-refractivity contribution < 1.29 is 14.3 Å². The molecule has 2 atom stereocenters. The zero-order chi connectivity index (χ0) is 13.7. The first-order valence-electron chi connectivity index (χ1n) is 6.54. The third-order valence-electron chi connectivity index (χ3n) is 3.60. The number of rotatable bonds is 5. The molecule has 0 N–H and O–H groups in total. The number of benzene rings is 1. The minimum Gasteiger partial charge on any atom is -0.469 e. The molecule has 0 amide bonds. The molecule has 0 saturated carbocycles. The van der Waals surface area contributed by atoms with Crippen molar-refractivity contribution in [1.29, 1.82) is 0 Å². The lowest BCUT2D eigenvalue weighted by Crippen LogP contribution is -2.18. The average molecular weight is 280 g/mol. The van der Waals surface area contributed by atoms with Gasteiger partial charge in [0.05, 0.1) is 13.0 Å². The normalized spacial score (nSPS) is 20.2. The van der Waals surface area contributed by atoms with Crippen LogP contribution in [-0.2, 0) is 14.3 Å². The maximum atomic E-state index is 12.0. The molecule has 0 aliphatic carbocycles. The summed E-state index contributed by atoms with van der Waals surface area (Å²) in [7, 11) is 1.46. The summed E-state index contributed by atoms with van der Waals surface area (Å²) in [4.78, 5) is 13.2. The average Bonchev–Trinajstić information content (AvgIpc) is 2.97. The highest BCUT2D eigenvalue weighted by atomic mass is 32.2. The second-order valence-electron chi connectivity index (χ2n) is 4.81. The number of ether oxygens (including phenoxy) is 2. The predicted octanol–water partition coefficient (Wildman–Crippen LogP) is 3.09. The van der Waals surface area contributed by atoms with Gasteiger partial charge in [0.15, 0.2) is 0 Å². The highest BCUT2D eigenvalue weighted by Crippen LogP contribution is 2.30. The molecule has 19 heavy (non-hydrogen) atoms. The molecule has 1 fully saturated rings. The number of hydrogen-bond acceptors (Lipinski definition) is 4. The van der Waals surface area contributed by atoms with E-state index >= 15 is 0 Å². The molecule has 1 aliphatic rings. The SMILES string of the molecule is COC(=O)C(CC1CCOC1)c1ccc(SC)cc1. The second-order valence-corrected chi connectivity index (χ2v) is 5.69. The van der Waals surface area contributed by atoms with E-state index in [0.717, 1.165) is 31.6 Å². The van der Waals surface area contributed by atoms with Crippen LogP contribution in [0.25, 0.3) is 0 Å². The summed E-state index contributed by atoms with van der Waals surface area (Å²) in [5.74, 6) is 0.140. The lowest BCUT2D eigenvalue weighted by molar-refractivity contribution is -0.142. The fourth-order valence-electron chi connectivity index (χ4n) is 2.45. The number of carbonyl (C=O) groups is 1. The fraction of sp³-hybridized carbons (Fsp3) is 0.533. The summed E-state index contributed by atoms with van der Waals surface area (Å²) in [5, 5.41) is 0. The van der Waals surface area contributed by atoms with Gasteiger partial charge in [0.25, 0.3) is 0 Å². The van der Waals surface area contributed by atoms with Crippen LogP contribution >= 0.6 is 11.8 Å². The van der Waals surface area contributed by atoms with Crippen molar-refractivity contribution in [3.8, 4) is 0 Å². The van der Waals surface area contributed by atoms with Crippen LogP contribution in [0.1, 0.15) is 24.3 Å². The Morgan fingerprint density at radius 1 is 1.47 bits per heavy atom. The van der Waals surface area contributed by atoms with Crippen LogP contribution in [0.5, 0.6) is 0 Å². The van der Waals surface area contributed by atoms with Crippen LogP contribution < -0.4 is 0 Å². The molecular weight excluding hydrogens is 260 g/mol. The molecule has 2 unspecified atom stereocenters. The van der Waals surface area contributed by atoms with Crippen LogP contribution in [-0.4, -0.2) is 32.5 Å². The van der Waals surface area contributed by atoms with Crippen LogP contribution in [0, 0.1) is 5.92 Å². The number of esters is 1. The lowest BCUT2D eigenvalue weighted by atomic mass is 9.88. The summed E-state index contributed by atoms with van der Waals surface area (Å²) in [6, 6.07) is 8.18. The summed E-state index contributed by atoms with van der Waals surface area (Å²) < 4.78 is 10.3. The molecule has 4 heteroatoms. The Bertz CT molecular complexity index is 410. The van der Waals surface area contributed by atoms with Crippen LogP contribution in [0.15, 0.2) is 29.2 Å². The Hall–Kier alpha value is -1.00. The Kier molecular flexibility index (Phi) is 5.28. The van der Waals surface area contributed by atoms with Crippen LogP contribution in [0.2, 0.25) is 0 Å². The Morgan fingerprint density at radius 2 is 2.21 bits per heavy atom. The van der Waals surface area contributed by atoms with Crippen LogP contribution in [0.3, 0.4) is 0 Å². The van der Waals surface area contributed by atoms with E-state index in [1.165, 1.54) is 12.0 Å². The molecule has 104 valence electrons. The van der Waals surface area contributed by atoms with Gasteiger partial charge >= 0.3 is 5.97 Å².